The highest BCUT2D eigenvalue weighted by atomic mass is 127. The zero-order chi connectivity index (χ0) is 17.0. The van der Waals surface area contributed by atoms with Gasteiger partial charge in [-0.15, -0.1) is 24.0 Å². The average molecular weight is 477 g/mol. The van der Waals surface area contributed by atoms with Crippen LogP contribution < -0.4 is 5.32 Å². The molecule has 0 saturated carbocycles. The summed E-state index contributed by atoms with van der Waals surface area (Å²) >= 11 is 1.72. The molecule has 2 aromatic rings. The molecular weight excluding hydrogens is 449 g/mol. The minimum absolute atomic E-state index is 0. The van der Waals surface area contributed by atoms with Crippen LogP contribution in [-0.2, 0) is 17.7 Å². The SMILES string of the molecule is CCOCCCN=C(NCCc1ccco1)N(C)Cc1ccsc1.I. The van der Waals surface area contributed by atoms with Crippen molar-refractivity contribution in [3.05, 3.63) is 46.5 Å². The number of halogens is 1. The van der Waals surface area contributed by atoms with Crippen LogP contribution in [0, 0.1) is 0 Å². The van der Waals surface area contributed by atoms with E-state index in [1.807, 2.05) is 19.1 Å². The number of thiophene rings is 1. The summed E-state index contributed by atoms with van der Waals surface area (Å²) in [5, 5.41) is 7.72. The van der Waals surface area contributed by atoms with Gasteiger partial charge in [-0.1, -0.05) is 0 Å². The lowest BCUT2D eigenvalue weighted by Crippen LogP contribution is -2.39. The van der Waals surface area contributed by atoms with Crippen molar-refractivity contribution in [2.75, 3.05) is 33.4 Å². The van der Waals surface area contributed by atoms with Gasteiger partial charge in [-0.3, -0.25) is 4.99 Å². The predicted molar refractivity (Wildman–Crippen MR) is 115 cm³/mol. The third-order valence-electron chi connectivity index (χ3n) is 3.51. The van der Waals surface area contributed by atoms with Crippen molar-refractivity contribution in [1.82, 2.24) is 10.2 Å². The van der Waals surface area contributed by atoms with Gasteiger partial charge in [-0.25, -0.2) is 0 Å². The molecule has 0 fully saturated rings. The second-order valence-corrected chi connectivity index (χ2v) is 6.28. The highest BCUT2D eigenvalue weighted by Gasteiger charge is 2.08. The Morgan fingerprint density at radius 3 is 2.96 bits per heavy atom. The summed E-state index contributed by atoms with van der Waals surface area (Å²) in [7, 11) is 2.07. The molecule has 0 aliphatic heterocycles. The summed E-state index contributed by atoms with van der Waals surface area (Å²) in [6.45, 7) is 5.94. The van der Waals surface area contributed by atoms with Crippen LogP contribution in [0.2, 0.25) is 0 Å². The number of ether oxygens (including phenoxy) is 1. The van der Waals surface area contributed by atoms with E-state index in [2.05, 4.69) is 34.1 Å². The molecule has 25 heavy (non-hydrogen) atoms. The lowest BCUT2D eigenvalue weighted by molar-refractivity contribution is 0.146. The molecule has 2 aromatic heterocycles. The topological polar surface area (TPSA) is 50.0 Å². The fourth-order valence-corrected chi connectivity index (χ4v) is 2.95. The largest absolute Gasteiger partial charge is 0.469 e. The first-order chi connectivity index (χ1) is 11.8. The Hall–Kier alpha value is -1.06. The summed E-state index contributed by atoms with van der Waals surface area (Å²) in [5.41, 5.74) is 1.30. The zero-order valence-electron chi connectivity index (χ0n) is 14.9. The first-order valence-corrected chi connectivity index (χ1v) is 9.34. The van der Waals surface area contributed by atoms with Crippen molar-refractivity contribution in [3.8, 4) is 0 Å². The van der Waals surface area contributed by atoms with Gasteiger partial charge in [0.25, 0.3) is 0 Å². The van der Waals surface area contributed by atoms with Crippen LogP contribution in [0.5, 0.6) is 0 Å². The van der Waals surface area contributed by atoms with Gasteiger partial charge in [0, 0.05) is 46.3 Å². The van der Waals surface area contributed by atoms with E-state index in [1.165, 1.54) is 5.56 Å². The molecule has 2 rings (SSSR count). The van der Waals surface area contributed by atoms with E-state index in [9.17, 15) is 0 Å². The lowest BCUT2D eigenvalue weighted by Gasteiger charge is -2.22. The van der Waals surface area contributed by atoms with Gasteiger partial charge in [0.15, 0.2) is 5.96 Å². The van der Waals surface area contributed by atoms with Crippen molar-refractivity contribution in [1.29, 1.82) is 0 Å². The Morgan fingerprint density at radius 1 is 1.40 bits per heavy atom. The monoisotopic (exact) mass is 477 g/mol. The zero-order valence-corrected chi connectivity index (χ0v) is 18.1. The number of nitrogens with one attached hydrogen (secondary N) is 1. The van der Waals surface area contributed by atoms with Gasteiger partial charge in [-0.05, 0) is 47.9 Å². The summed E-state index contributed by atoms with van der Waals surface area (Å²) in [5.74, 6) is 1.91. The Bertz CT molecular complexity index is 573. The van der Waals surface area contributed by atoms with E-state index < -0.39 is 0 Å². The van der Waals surface area contributed by atoms with Gasteiger partial charge < -0.3 is 19.4 Å². The van der Waals surface area contributed by atoms with Crippen LogP contribution in [-0.4, -0.2) is 44.2 Å². The summed E-state index contributed by atoms with van der Waals surface area (Å²) in [4.78, 5) is 6.88. The Labute approximate surface area is 171 Å². The number of furan rings is 1. The highest BCUT2D eigenvalue weighted by Crippen LogP contribution is 2.08. The van der Waals surface area contributed by atoms with Crippen molar-refractivity contribution in [2.45, 2.75) is 26.3 Å². The van der Waals surface area contributed by atoms with Gasteiger partial charge in [0.05, 0.1) is 6.26 Å². The Morgan fingerprint density at radius 2 is 2.28 bits per heavy atom. The van der Waals surface area contributed by atoms with Gasteiger partial charge in [-0.2, -0.15) is 11.3 Å². The number of aliphatic imine (C=N–C) groups is 1. The first kappa shape index (κ1) is 22.0. The fourth-order valence-electron chi connectivity index (χ4n) is 2.29. The molecule has 1 N–H and O–H groups in total. The second kappa shape index (κ2) is 13.2. The quantitative estimate of drug-likeness (QED) is 0.243. The molecule has 140 valence electrons. The van der Waals surface area contributed by atoms with Crippen LogP contribution >= 0.6 is 35.3 Å². The van der Waals surface area contributed by atoms with Gasteiger partial charge >= 0.3 is 0 Å². The third-order valence-corrected chi connectivity index (χ3v) is 4.24. The van der Waals surface area contributed by atoms with Crippen molar-refractivity contribution >= 4 is 41.3 Å². The van der Waals surface area contributed by atoms with Crippen LogP contribution in [0.4, 0.5) is 0 Å². The molecule has 2 heterocycles. The first-order valence-electron chi connectivity index (χ1n) is 8.40. The second-order valence-electron chi connectivity index (χ2n) is 5.50. The molecule has 5 nitrogen and oxygen atoms in total. The molecule has 0 radical (unpaired) electrons. The highest BCUT2D eigenvalue weighted by molar-refractivity contribution is 14.0. The van der Waals surface area contributed by atoms with E-state index in [0.717, 1.165) is 57.4 Å². The molecule has 7 heteroatoms. The normalized spacial score (nSPS) is 11.2. The average Bonchev–Trinajstić information content (AvgIpc) is 3.26. The molecule has 0 amide bonds. The molecule has 0 bridgehead atoms. The van der Waals surface area contributed by atoms with Gasteiger partial charge in [0.2, 0.25) is 0 Å². The molecule has 0 saturated heterocycles. The van der Waals surface area contributed by atoms with Crippen LogP contribution in [0.25, 0.3) is 0 Å². The molecular formula is C18H28IN3O2S. The summed E-state index contributed by atoms with van der Waals surface area (Å²) < 4.78 is 10.8. The van der Waals surface area contributed by atoms with Gasteiger partial charge in [0.1, 0.15) is 5.76 Å². The van der Waals surface area contributed by atoms with E-state index in [1.54, 1.807) is 17.6 Å². The minimum atomic E-state index is 0. The summed E-state index contributed by atoms with van der Waals surface area (Å²) in [6.07, 6.45) is 3.49. The molecule has 0 aliphatic carbocycles. The maximum absolute atomic E-state index is 5.38. The number of nitrogens with zero attached hydrogens (tertiary/aromatic N) is 2. The summed E-state index contributed by atoms with van der Waals surface area (Å²) in [6, 6.07) is 6.06. The molecule has 0 atom stereocenters. The Kier molecular flexibility index (Phi) is 11.6. The molecule has 0 unspecified atom stereocenters. The molecule has 0 aliphatic rings. The molecule has 0 aromatic carbocycles. The van der Waals surface area contributed by atoms with Crippen molar-refractivity contribution < 1.29 is 9.15 Å². The number of hydrogen-bond donors (Lipinski definition) is 1. The maximum atomic E-state index is 5.38. The predicted octanol–water partition coefficient (Wildman–Crippen LogP) is 4.01. The third kappa shape index (κ3) is 8.73. The van der Waals surface area contributed by atoms with Crippen molar-refractivity contribution in [2.24, 2.45) is 4.99 Å². The lowest BCUT2D eigenvalue weighted by atomic mass is 10.3. The number of hydrogen-bond acceptors (Lipinski definition) is 4. The number of guanidine groups is 1. The van der Waals surface area contributed by atoms with E-state index in [-0.39, 0.29) is 24.0 Å². The van der Waals surface area contributed by atoms with Crippen LogP contribution in [0.15, 0.2) is 44.6 Å². The fraction of sp³-hybridized carbons (Fsp3) is 0.500. The minimum Gasteiger partial charge on any atom is -0.469 e. The standard InChI is InChI=1S/C18H27N3O2S.HI/c1-3-22-11-5-9-19-18(20-10-7-17-6-4-12-23-17)21(2)14-16-8-13-24-15-16;/h4,6,8,12-13,15H,3,5,7,9-11,14H2,1-2H3,(H,19,20);1H. The number of rotatable bonds is 10. The van der Waals surface area contributed by atoms with Crippen LogP contribution in [0.1, 0.15) is 24.7 Å². The molecule has 0 spiro atoms. The Balaban J connectivity index is 0.00000312. The van der Waals surface area contributed by atoms with E-state index in [4.69, 9.17) is 14.1 Å². The van der Waals surface area contributed by atoms with Crippen molar-refractivity contribution in [3.63, 3.8) is 0 Å². The smallest absolute Gasteiger partial charge is 0.193 e. The maximum Gasteiger partial charge on any atom is 0.193 e. The van der Waals surface area contributed by atoms with Crippen LogP contribution in [0.3, 0.4) is 0 Å². The van der Waals surface area contributed by atoms with E-state index >= 15 is 0 Å². The van der Waals surface area contributed by atoms with E-state index in [0.29, 0.717) is 0 Å².